The van der Waals surface area contributed by atoms with Gasteiger partial charge in [0.1, 0.15) is 0 Å². The first-order valence-corrected chi connectivity index (χ1v) is 10.7. The number of rotatable bonds is 20. The molecule has 25 heavy (non-hydrogen) atoms. The average Bonchev–Trinajstić information content (AvgIpc) is 2.63. The molecule has 0 fully saturated rings. The van der Waals surface area contributed by atoms with Gasteiger partial charge < -0.3 is 9.47 Å². The topological polar surface area (TPSA) is 35.5 Å². The van der Waals surface area contributed by atoms with Gasteiger partial charge in [0.05, 0.1) is 6.61 Å². The van der Waals surface area contributed by atoms with Crippen LogP contribution in [0.25, 0.3) is 0 Å². The first kappa shape index (κ1) is 24.2. The Labute approximate surface area is 156 Å². The summed E-state index contributed by atoms with van der Waals surface area (Å²) < 4.78 is 10.8. The maximum absolute atomic E-state index is 11.0. The zero-order valence-electron chi connectivity index (χ0n) is 16.9. The molecule has 0 unspecified atom stereocenters. The van der Waals surface area contributed by atoms with Crippen molar-refractivity contribution in [1.29, 1.82) is 0 Å². The molecule has 0 aliphatic carbocycles. The largest absolute Gasteiger partial charge is 0.464 e. The second-order valence-corrected chi connectivity index (χ2v) is 6.93. The van der Waals surface area contributed by atoms with Gasteiger partial charge in [-0.2, -0.15) is 0 Å². The summed E-state index contributed by atoms with van der Waals surface area (Å²) in [5.74, 6) is 0.422. The van der Waals surface area contributed by atoms with Crippen LogP contribution in [0.15, 0.2) is 11.8 Å². The van der Waals surface area contributed by atoms with E-state index in [1.54, 1.807) is 0 Å². The molecule has 0 aromatic heterocycles. The van der Waals surface area contributed by atoms with Crippen molar-refractivity contribution in [3.05, 3.63) is 11.8 Å². The quantitative estimate of drug-likeness (QED) is 0.0780. The van der Waals surface area contributed by atoms with Crippen LogP contribution in [0, 0.1) is 0 Å². The third-order valence-electron chi connectivity index (χ3n) is 4.47. The number of hydrogen-bond donors (Lipinski definition) is 0. The first-order chi connectivity index (χ1) is 12.3. The average molecular weight is 355 g/mol. The van der Waals surface area contributed by atoms with Gasteiger partial charge in [-0.3, -0.25) is 4.79 Å². The molecule has 0 heterocycles. The van der Waals surface area contributed by atoms with E-state index in [2.05, 4.69) is 13.8 Å². The predicted molar refractivity (Wildman–Crippen MR) is 107 cm³/mol. The van der Waals surface area contributed by atoms with Gasteiger partial charge in [-0.25, -0.2) is 0 Å². The van der Waals surface area contributed by atoms with E-state index in [1.807, 2.05) is 6.08 Å². The second-order valence-electron chi connectivity index (χ2n) is 6.93. The molecule has 0 radical (unpaired) electrons. The summed E-state index contributed by atoms with van der Waals surface area (Å²) in [7, 11) is 0. The van der Waals surface area contributed by atoms with E-state index in [0.29, 0.717) is 12.4 Å². The van der Waals surface area contributed by atoms with Crippen molar-refractivity contribution in [2.24, 2.45) is 0 Å². The summed E-state index contributed by atoms with van der Waals surface area (Å²) in [6.45, 7) is 5.38. The van der Waals surface area contributed by atoms with Crippen LogP contribution < -0.4 is 0 Å². The lowest BCUT2D eigenvalue weighted by Gasteiger charge is -2.07. The molecule has 0 aromatic carbocycles. The van der Waals surface area contributed by atoms with Crippen molar-refractivity contribution >= 4 is 6.29 Å². The maximum atomic E-state index is 11.0. The highest BCUT2D eigenvalue weighted by molar-refractivity contribution is 5.69. The van der Waals surface area contributed by atoms with Crippen LogP contribution in [-0.2, 0) is 14.3 Å². The third-order valence-corrected chi connectivity index (χ3v) is 4.47. The van der Waals surface area contributed by atoms with Crippen molar-refractivity contribution in [1.82, 2.24) is 0 Å². The van der Waals surface area contributed by atoms with E-state index in [-0.39, 0.29) is 6.79 Å². The SMILES string of the molecule is CCCCCCCCCCC/C=C(\C=O)OCOCCCCCCC. The summed E-state index contributed by atoms with van der Waals surface area (Å²) in [5.41, 5.74) is 0. The summed E-state index contributed by atoms with van der Waals surface area (Å²) in [6.07, 6.45) is 21.6. The minimum absolute atomic E-state index is 0.191. The molecule has 0 aliphatic rings. The van der Waals surface area contributed by atoms with Crippen LogP contribution in [0.2, 0.25) is 0 Å². The van der Waals surface area contributed by atoms with Crippen LogP contribution in [0.1, 0.15) is 110 Å². The fourth-order valence-electron chi connectivity index (χ4n) is 2.82. The standard InChI is InChI=1S/C22H42O3/c1-3-5-7-9-10-11-12-13-14-16-18-22(20-23)25-21-24-19-17-15-8-6-4-2/h18,20H,3-17,19,21H2,1-2H3/b22-18+. The third kappa shape index (κ3) is 19.3. The molecule has 148 valence electrons. The number of carbonyl (C=O) groups is 1. The molecule has 0 spiro atoms. The van der Waals surface area contributed by atoms with E-state index >= 15 is 0 Å². The highest BCUT2D eigenvalue weighted by Gasteiger charge is 1.97. The van der Waals surface area contributed by atoms with Crippen LogP contribution >= 0.6 is 0 Å². The molecule has 0 N–H and O–H groups in total. The molecular weight excluding hydrogens is 312 g/mol. The Balaban J connectivity index is 3.42. The van der Waals surface area contributed by atoms with Crippen molar-refractivity contribution < 1.29 is 14.3 Å². The van der Waals surface area contributed by atoms with Gasteiger partial charge in [-0.1, -0.05) is 90.9 Å². The molecule has 0 saturated carbocycles. The Kier molecular flexibility index (Phi) is 20.5. The molecule has 0 amide bonds. The smallest absolute Gasteiger partial charge is 0.189 e. The number of carbonyl (C=O) groups excluding carboxylic acids is 1. The van der Waals surface area contributed by atoms with Gasteiger partial charge >= 0.3 is 0 Å². The highest BCUT2D eigenvalue weighted by atomic mass is 16.7. The number of ether oxygens (including phenoxy) is 2. The summed E-state index contributed by atoms with van der Waals surface area (Å²) >= 11 is 0. The monoisotopic (exact) mass is 354 g/mol. The Hall–Kier alpha value is -0.830. The summed E-state index contributed by atoms with van der Waals surface area (Å²) in [5, 5.41) is 0. The molecular formula is C22H42O3. The van der Waals surface area contributed by atoms with Gasteiger partial charge in [0.25, 0.3) is 0 Å². The number of aldehydes is 1. The van der Waals surface area contributed by atoms with Crippen molar-refractivity contribution in [2.75, 3.05) is 13.4 Å². The molecule has 0 rings (SSSR count). The normalized spacial score (nSPS) is 11.7. The predicted octanol–water partition coefficient (Wildman–Crippen LogP) is 6.95. The number of hydrogen-bond acceptors (Lipinski definition) is 3. The van der Waals surface area contributed by atoms with Crippen LogP contribution in [0.3, 0.4) is 0 Å². The zero-order chi connectivity index (χ0) is 18.4. The molecule has 3 heteroatoms. The highest BCUT2D eigenvalue weighted by Crippen LogP contribution is 2.11. The van der Waals surface area contributed by atoms with Gasteiger partial charge in [-0.15, -0.1) is 0 Å². The fourth-order valence-corrected chi connectivity index (χ4v) is 2.82. The summed E-state index contributed by atoms with van der Waals surface area (Å²) in [6, 6.07) is 0. The Morgan fingerprint density at radius 1 is 0.720 bits per heavy atom. The van der Waals surface area contributed by atoms with E-state index in [9.17, 15) is 4.79 Å². The van der Waals surface area contributed by atoms with E-state index in [0.717, 1.165) is 25.5 Å². The Bertz CT molecular complexity index is 300. The van der Waals surface area contributed by atoms with Crippen LogP contribution in [0.5, 0.6) is 0 Å². The van der Waals surface area contributed by atoms with Crippen molar-refractivity contribution in [3.8, 4) is 0 Å². The molecule has 0 aromatic rings. The van der Waals surface area contributed by atoms with Crippen LogP contribution in [0.4, 0.5) is 0 Å². The second kappa shape index (κ2) is 21.2. The number of allylic oxidation sites excluding steroid dienone is 2. The fraction of sp³-hybridized carbons (Fsp3) is 0.864. The van der Waals surface area contributed by atoms with Gasteiger partial charge in [-0.05, 0) is 25.3 Å². The summed E-state index contributed by atoms with van der Waals surface area (Å²) in [4.78, 5) is 11.0. The van der Waals surface area contributed by atoms with Crippen molar-refractivity contribution in [2.45, 2.75) is 110 Å². The lowest BCUT2D eigenvalue weighted by atomic mass is 10.1. The molecule has 0 aliphatic heterocycles. The minimum atomic E-state index is 0.191. The Morgan fingerprint density at radius 3 is 1.80 bits per heavy atom. The first-order valence-electron chi connectivity index (χ1n) is 10.7. The van der Waals surface area contributed by atoms with Gasteiger partial charge in [0.15, 0.2) is 18.8 Å². The van der Waals surface area contributed by atoms with E-state index in [4.69, 9.17) is 9.47 Å². The lowest BCUT2D eigenvalue weighted by molar-refractivity contribution is -0.111. The molecule has 0 saturated heterocycles. The molecule has 3 nitrogen and oxygen atoms in total. The molecule has 0 bridgehead atoms. The number of unbranched alkanes of at least 4 members (excludes halogenated alkanes) is 13. The van der Waals surface area contributed by atoms with E-state index < -0.39 is 0 Å². The zero-order valence-corrected chi connectivity index (χ0v) is 16.9. The lowest BCUT2D eigenvalue weighted by Crippen LogP contribution is -2.02. The van der Waals surface area contributed by atoms with Gasteiger partial charge in [0.2, 0.25) is 0 Å². The molecule has 0 atom stereocenters. The van der Waals surface area contributed by atoms with Crippen molar-refractivity contribution in [3.63, 3.8) is 0 Å². The maximum Gasteiger partial charge on any atom is 0.189 e. The van der Waals surface area contributed by atoms with E-state index in [1.165, 1.54) is 77.0 Å². The van der Waals surface area contributed by atoms with Gasteiger partial charge in [0, 0.05) is 0 Å². The minimum Gasteiger partial charge on any atom is -0.464 e. The Morgan fingerprint density at radius 2 is 1.24 bits per heavy atom. The van der Waals surface area contributed by atoms with Crippen LogP contribution in [-0.4, -0.2) is 19.7 Å².